The SMILES string of the molecule is Fc1c(F)c(F)c([B-](c2c(F)c(F)c(F)c(F)c2F)(c2c(F)c(F)c(F)c(F)c2F)c2c(F)c(F)c(F)c(F)c2F)c(F)c1F.O=C(C[n+]1ccnc(C2c3ccccc3-c3ccccc32)c1)c1ccccc1. The highest BCUT2D eigenvalue weighted by atomic mass is 19.2. The van der Waals surface area contributed by atoms with Crippen LogP contribution in [0.5, 0.6) is 0 Å². The van der Waals surface area contributed by atoms with Gasteiger partial charge in [0.2, 0.25) is 12.3 Å². The smallest absolute Gasteiger partial charge is 0.227 e. The van der Waals surface area contributed by atoms with Crippen LogP contribution in [0.25, 0.3) is 11.1 Å². The van der Waals surface area contributed by atoms with E-state index in [1.165, 1.54) is 22.3 Å². The van der Waals surface area contributed by atoms with Gasteiger partial charge in [-0.25, -0.2) is 92.8 Å². The van der Waals surface area contributed by atoms with E-state index in [2.05, 4.69) is 53.5 Å². The summed E-state index contributed by atoms with van der Waals surface area (Å²) in [7, 11) is 0. The van der Waals surface area contributed by atoms with Gasteiger partial charge in [-0.15, -0.1) is 21.9 Å². The zero-order valence-corrected chi connectivity index (χ0v) is 35.5. The van der Waals surface area contributed by atoms with Crippen LogP contribution in [0.1, 0.15) is 33.1 Å². The molecule has 0 bridgehead atoms. The Kier molecular flexibility index (Phi) is 13.5. The van der Waals surface area contributed by atoms with Crippen molar-refractivity contribution in [2.24, 2.45) is 0 Å². The minimum atomic E-state index is -7.22. The first kappa shape index (κ1) is 51.3. The van der Waals surface area contributed by atoms with E-state index in [-0.39, 0.29) is 11.7 Å². The third-order valence-electron chi connectivity index (χ3n) is 12.0. The van der Waals surface area contributed by atoms with Crippen molar-refractivity contribution in [1.29, 1.82) is 0 Å². The molecule has 0 saturated carbocycles. The standard InChI is InChI=1S/C25H19N2O.C24BF20/c28-24(18-8-2-1-3-9-18)17-27-15-14-26-23(16-27)25-21-12-6-4-10-19(21)20-11-5-7-13-22(20)25;26-5-1(6(27)14(35)21(42)13(5)34)25(2-7(28)15(36)22(43)16(37)8(2)29,3-9(30)17(38)23(44)18(39)10(3)31)4-11(32)19(40)24(45)20(41)12(4)33/h1-16,25H,17H2;/q+1;-1. The molecule has 0 saturated heterocycles. The summed E-state index contributed by atoms with van der Waals surface area (Å²) in [5.74, 6) is -71.2. The Morgan fingerprint density at radius 2 is 0.685 bits per heavy atom. The Bertz CT molecular complexity index is 3170. The van der Waals surface area contributed by atoms with Gasteiger partial charge in [0, 0.05) is 5.56 Å². The Morgan fingerprint density at radius 3 is 1.01 bits per heavy atom. The highest BCUT2D eigenvalue weighted by Crippen LogP contribution is 2.47. The molecule has 0 radical (unpaired) electrons. The number of carbonyl (C=O) groups excluding carboxylic acids is 1. The molecular weight excluding hydrogens is 1020 g/mol. The van der Waals surface area contributed by atoms with Gasteiger partial charge in [-0.2, -0.15) is 4.57 Å². The van der Waals surface area contributed by atoms with Crippen LogP contribution in [-0.2, 0) is 6.54 Å². The lowest BCUT2D eigenvalue weighted by Gasteiger charge is -2.44. The van der Waals surface area contributed by atoms with Crippen LogP contribution in [0.15, 0.2) is 97.5 Å². The molecule has 1 aromatic heterocycles. The summed E-state index contributed by atoms with van der Waals surface area (Å²) in [6.45, 7) is 0.301. The number of fused-ring (bicyclic) bond motifs is 3. The summed E-state index contributed by atoms with van der Waals surface area (Å²) in [6.07, 6.45) is -1.57. The van der Waals surface area contributed by atoms with Gasteiger partial charge in [0.1, 0.15) is 58.4 Å². The van der Waals surface area contributed by atoms with Crippen LogP contribution in [0.3, 0.4) is 0 Å². The van der Waals surface area contributed by atoms with Gasteiger partial charge < -0.3 is 0 Å². The Labute approximate surface area is 395 Å². The molecule has 24 heteroatoms. The number of nitrogens with zero attached hydrogens (tertiary/aromatic N) is 2. The summed E-state index contributed by atoms with van der Waals surface area (Å²) < 4.78 is 296. The van der Waals surface area contributed by atoms with Crippen LogP contribution >= 0.6 is 0 Å². The maximum absolute atomic E-state index is 15.4. The lowest BCUT2D eigenvalue weighted by molar-refractivity contribution is -0.684. The van der Waals surface area contributed by atoms with E-state index in [9.17, 15) is 57.5 Å². The van der Waals surface area contributed by atoms with E-state index >= 15 is 35.1 Å². The molecule has 1 aliphatic carbocycles. The van der Waals surface area contributed by atoms with E-state index in [1.807, 2.05) is 47.3 Å². The molecule has 0 atom stereocenters. The van der Waals surface area contributed by atoms with Crippen molar-refractivity contribution in [1.82, 2.24) is 4.98 Å². The molecule has 0 amide bonds. The molecule has 0 aliphatic heterocycles. The predicted octanol–water partition coefficient (Wildman–Crippen LogP) is 10.3. The van der Waals surface area contributed by atoms with E-state index in [4.69, 9.17) is 0 Å². The maximum Gasteiger partial charge on any atom is 0.227 e. The molecule has 0 spiro atoms. The number of hydrogen-bond donors (Lipinski definition) is 0. The summed E-state index contributed by atoms with van der Waals surface area (Å²) in [6, 6.07) is 26.4. The number of aromatic nitrogens is 2. The molecule has 0 N–H and O–H groups in total. The summed E-state index contributed by atoms with van der Waals surface area (Å²) in [5.41, 5.74) is -7.58. The summed E-state index contributed by atoms with van der Waals surface area (Å²) >= 11 is 0. The van der Waals surface area contributed by atoms with E-state index in [0.29, 0.717) is 6.54 Å². The molecule has 374 valence electrons. The van der Waals surface area contributed by atoms with Crippen molar-refractivity contribution in [2.75, 3.05) is 0 Å². The molecule has 7 aromatic carbocycles. The highest BCUT2D eigenvalue weighted by molar-refractivity contribution is 7.20. The van der Waals surface area contributed by atoms with E-state index in [0.717, 1.165) is 11.3 Å². The number of rotatable bonds is 8. The lowest BCUT2D eigenvalue weighted by atomic mass is 9.12. The van der Waals surface area contributed by atoms with Gasteiger partial charge in [-0.1, -0.05) is 78.9 Å². The van der Waals surface area contributed by atoms with Gasteiger partial charge >= 0.3 is 0 Å². The first-order valence-corrected chi connectivity index (χ1v) is 20.4. The monoisotopic (exact) mass is 1040 g/mol. The van der Waals surface area contributed by atoms with Crippen LogP contribution in [0.4, 0.5) is 87.8 Å². The number of benzene rings is 7. The zero-order chi connectivity index (χ0) is 53.3. The minimum Gasteiger partial charge on any atom is -0.287 e. The zero-order valence-electron chi connectivity index (χ0n) is 35.5. The van der Waals surface area contributed by atoms with Gasteiger partial charge in [0.15, 0.2) is 82.2 Å². The van der Waals surface area contributed by atoms with Gasteiger partial charge in [-0.3, -0.25) is 4.79 Å². The molecule has 0 unspecified atom stereocenters. The number of ketones is 1. The lowest BCUT2D eigenvalue weighted by Crippen LogP contribution is -2.81. The fourth-order valence-corrected chi connectivity index (χ4v) is 8.93. The molecular formula is C49H19BF20N2O. The second-order valence-corrected chi connectivity index (χ2v) is 15.9. The molecule has 1 heterocycles. The number of halogens is 20. The average molecular weight is 1040 g/mol. The summed E-state index contributed by atoms with van der Waals surface area (Å²) in [5, 5.41) is 0. The molecule has 8 aromatic rings. The summed E-state index contributed by atoms with van der Waals surface area (Å²) in [4.78, 5) is 17.3. The molecule has 1 aliphatic rings. The van der Waals surface area contributed by atoms with Gasteiger partial charge in [0.05, 0.1) is 12.1 Å². The van der Waals surface area contributed by atoms with Crippen molar-refractivity contribution in [3.8, 4) is 11.1 Å². The van der Waals surface area contributed by atoms with Crippen LogP contribution < -0.4 is 26.4 Å². The third-order valence-corrected chi connectivity index (χ3v) is 12.0. The maximum atomic E-state index is 15.4. The van der Waals surface area contributed by atoms with E-state index in [1.54, 1.807) is 6.20 Å². The predicted molar refractivity (Wildman–Crippen MR) is 217 cm³/mol. The van der Waals surface area contributed by atoms with Crippen LogP contribution in [-0.4, -0.2) is 16.9 Å². The highest BCUT2D eigenvalue weighted by Gasteiger charge is 2.52. The Hall–Kier alpha value is -8.05. The average Bonchev–Trinajstić information content (AvgIpc) is 3.73. The number of carbonyl (C=O) groups is 1. The quantitative estimate of drug-likeness (QED) is 0.0380. The largest absolute Gasteiger partial charge is 0.287 e. The van der Waals surface area contributed by atoms with Crippen molar-refractivity contribution in [3.05, 3.63) is 236 Å². The first-order chi connectivity index (χ1) is 34.5. The van der Waals surface area contributed by atoms with Gasteiger partial charge in [-0.05, 0) is 22.3 Å². The Morgan fingerprint density at radius 1 is 0.397 bits per heavy atom. The minimum absolute atomic E-state index is 0.0895. The second-order valence-electron chi connectivity index (χ2n) is 15.9. The molecule has 0 fully saturated rings. The number of Topliss-reactive ketones (excluding diaryl/α,β-unsaturated/α-hetero) is 1. The van der Waals surface area contributed by atoms with Crippen LogP contribution in [0.2, 0.25) is 0 Å². The fraction of sp³-hybridized carbons (Fsp3) is 0.0408. The third kappa shape index (κ3) is 7.93. The van der Waals surface area contributed by atoms with E-state index < -0.39 is 144 Å². The van der Waals surface area contributed by atoms with Crippen molar-refractivity contribution < 1.29 is 97.2 Å². The molecule has 9 rings (SSSR count). The normalized spacial score (nSPS) is 12.2. The van der Waals surface area contributed by atoms with Crippen molar-refractivity contribution >= 4 is 33.8 Å². The van der Waals surface area contributed by atoms with Crippen molar-refractivity contribution in [3.63, 3.8) is 0 Å². The van der Waals surface area contributed by atoms with Gasteiger partial charge in [0.25, 0.3) is 0 Å². The number of hydrogen-bond acceptors (Lipinski definition) is 2. The van der Waals surface area contributed by atoms with Crippen LogP contribution in [0, 0.1) is 116 Å². The fourth-order valence-electron chi connectivity index (χ4n) is 8.93. The topological polar surface area (TPSA) is 33.8 Å². The van der Waals surface area contributed by atoms with Crippen molar-refractivity contribution in [2.45, 2.75) is 12.5 Å². The first-order valence-electron chi connectivity index (χ1n) is 20.4. The molecule has 3 nitrogen and oxygen atoms in total. The second kappa shape index (κ2) is 19.2. The Balaban J connectivity index is 0.000000216. The molecule has 73 heavy (non-hydrogen) atoms.